The smallest absolute Gasteiger partial charge is 0.0305 e. The Balaban J connectivity index is -0.0000000416. The molecule has 25 heavy (non-hydrogen) atoms. The van der Waals surface area contributed by atoms with E-state index < -0.39 is 0 Å². The summed E-state index contributed by atoms with van der Waals surface area (Å²) in [7, 11) is 0. The van der Waals surface area contributed by atoms with Crippen molar-refractivity contribution >= 4 is 0 Å². The lowest BCUT2D eigenvalue weighted by Gasteiger charge is -2.09. The third-order valence-electron chi connectivity index (χ3n) is 2.39. The Morgan fingerprint density at radius 1 is 0.640 bits per heavy atom. The molecule has 0 aromatic heterocycles. The lowest BCUT2D eigenvalue weighted by molar-refractivity contribution is 0.985. The van der Waals surface area contributed by atoms with Crippen LogP contribution in [0.1, 0.15) is 130 Å². The Kier molecular flexibility index (Phi) is 116. The standard InChI is InChI=1S/C12H22.C3H8.4C2H6.C2H4/c1-6-9-11(5)12(8-3)10(4)7-2;1-3-2;5*1-2/h9H,6-8H2,1-5H3;3H2,1-2H3;4*1-2H3;1-2H2/b11-9-,12-10-;;;;;;. The molecule has 0 aliphatic heterocycles. The molecule has 0 amide bonds. The molecular weight excluding hydrogens is 300 g/mol. The highest BCUT2D eigenvalue weighted by Crippen LogP contribution is 2.20. The van der Waals surface area contributed by atoms with Crippen LogP contribution in [0.4, 0.5) is 0 Å². The fourth-order valence-corrected chi connectivity index (χ4v) is 1.56. The van der Waals surface area contributed by atoms with Crippen LogP contribution in [0.25, 0.3) is 0 Å². The maximum absolute atomic E-state index is 3.00. The second-order valence-electron chi connectivity index (χ2n) is 3.97. The van der Waals surface area contributed by atoms with Gasteiger partial charge in [-0.3, -0.25) is 0 Å². The fourth-order valence-electron chi connectivity index (χ4n) is 1.56. The highest BCUT2D eigenvalue weighted by molar-refractivity contribution is 5.32. The van der Waals surface area contributed by atoms with Gasteiger partial charge in [-0.15, -0.1) is 13.2 Å². The van der Waals surface area contributed by atoms with E-state index in [1.807, 2.05) is 55.4 Å². The van der Waals surface area contributed by atoms with Gasteiger partial charge in [0.25, 0.3) is 0 Å². The highest BCUT2D eigenvalue weighted by atomic mass is 14.1. The van der Waals surface area contributed by atoms with Gasteiger partial charge in [0.2, 0.25) is 0 Å². The van der Waals surface area contributed by atoms with E-state index in [-0.39, 0.29) is 0 Å². The van der Waals surface area contributed by atoms with E-state index in [9.17, 15) is 0 Å². The van der Waals surface area contributed by atoms with Crippen LogP contribution in [-0.4, -0.2) is 0 Å². The molecule has 0 aliphatic rings. The zero-order chi connectivity index (χ0) is 22.3. The average molecular weight is 359 g/mol. The van der Waals surface area contributed by atoms with Gasteiger partial charge in [-0.05, 0) is 38.7 Å². The largest absolute Gasteiger partial charge is 0.106 e. The van der Waals surface area contributed by atoms with Crippen molar-refractivity contribution in [3.05, 3.63) is 36.0 Å². The van der Waals surface area contributed by atoms with Gasteiger partial charge in [0, 0.05) is 0 Å². The SMILES string of the molecule is C=C.CC.CC.CC.CC.CC/C=C(C)\C(CC)=C(\C)CC.CCC. The minimum absolute atomic E-state index is 1.15. The van der Waals surface area contributed by atoms with E-state index in [2.05, 4.69) is 67.7 Å². The first-order valence-corrected chi connectivity index (χ1v) is 10.9. The number of hydrogen-bond donors (Lipinski definition) is 0. The molecule has 0 aliphatic carbocycles. The molecule has 0 fully saturated rings. The molecule has 0 spiro atoms. The Bertz CT molecular complexity index is 206. The summed E-state index contributed by atoms with van der Waals surface area (Å²) in [5, 5.41) is 0. The molecule has 0 heteroatoms. The average Bonchev–Trinajstić information content (AvgIpc) is 2.71. The molecule has 0 N–H and O–H groups in total. The van der Waals surface area contributed by atoms with Crippen LogP contribution in [0.5, 0.6) is 0 Å². The molecule has 0 nitrogen and oxygen atoms in total. The lowest BCUT2D eigenvalue weighted by atomic mass is 9.97. The summed E-state index contributed by atoms with van der Waals surface area (Å²) >= 11 is 0. The molecule has 0 aromatic rings. The predicted octanol–water partition coefficient (Wildman–Crippen LogP) is 10.8. The van der Waals surface area contributed by atoms with E-state index in [0.717, 1.165) is 6.42 Å². The maximum Gasteiger partial charge on any atom is -0.0305 e. The van der Waals surface area contributed by atoms with Crippen molar-refractivity contribution in [3.63, 3.8) is 0 Å². The van der Waals surface area contributed by atoms with Gasteiger partial charge in [-0.2, -0.15) is 0 Å². The first-order chi connectivity index (χ1) is 12.1. The molecular formula is C25H58. The third kappa shape index (κ3) is 51.7. The normalized spacial score (nSPS) is 8.84. The molecule has 0 rings (SSSR count). The molecule has 0 atom stereocenters. The summed E-state index contributed by atoms with van der Waals surface area (Å²) in [5.74, 6) is 0. The maximum atomic E-state index is 3.00. The van der Waals surface area contributed by atoms with Crippen molar-refractivity contribution in [1.82, 2.24) is 0 Å². The molecule has 0 saturated heterocycles. The second-order valence-corrected chi connectivity index (χ2v) is 3.97. The van der Waals surface area contributed by atoms with Gasteiger partial charge in [0.05, 0.1) is 0 Å². The first kappa shape index (κ1) is 44.0. The molecule has 0 aromatic carbocycles. The van der Waals surface area contributed by atoms with E-state index in [0.29, 0.717) is 0 Å². The molecule has 0 heterocycles. The number of rotatable bonds is 4. The molecule has 0 unspecified atom stereocenters. The van der Waals surface area contributed by atoms with E-state index >= 15 is 0 Å². The Hall–Kier alpha value is -0.780. The van der Waals surface area contributed by atoms with Crippen molar-refractivity contribution in [3.8, 4) is 0 Å². The van der Waals surface area contributed by atoms with Crippen molar-refractivity contribution in [2.24, 2.45) is 0 Å². The van der Waals surface area contributed by atoms with Gasteiger partial charge >= 0.3 is 0 Å². The van der Waals surface area contributed by atoms with Crippen LogP contribution in [0.2, 0.25) is 0 Å². The zero-order valence-corrected chi connectivity index (χ0v) is 21.3. The molecule has 0 radical (unpaired) electrons. The second kappa shape index (κ2) is 65.6. The number of hydrogen-bond acceptors (Lipinski definition) is 0. The Morgan fingerprint density at radius 2 is 0.920 bits per heavy atom. The summed E-state index contributed by atoms with van der Waals surface area (Å²) in [4.78, 5) is 0. The predicted molar refractivity (Wildman–Crippen MR) is 130 cm³/mol. The minimum Gasteiger partial charge on any atom is -0.106 e. The van der Waals surface area contributed by atoms with Crippen LogP contribution < -0.4 is 0 Å². The summed E-state index contributed by atoms with van der Waals surface area (Å²) < 4.78 is 0. The van der Waals surface area contributed by atoms with E-state index in [1.54, 1.807) is 11.1 Å². The summed E-state index contributed by atoms with van der Waals surface area (Å²) in [6.07, 6.45) is 7.06. The van der Waals surface area contributed by atoms with Crippen molar-refractivity contribution in [1.29, 1.82) is 0 Å². The number of allylic oxidation sites excluding steroid dienone is 4. The Morgan fingerprint density at radius 3 is 1.08 bits per heavy atom. The topological polar surface area (TPSA) is 0 Å². The summed E-state index contributed by atoms with van der Waals surface area (Å²) in [5.41, 5.74) is 4.57. The van der Waals surface area contributed by atoms with Crippen molar-refractivity contribution < 1.29 is 0 Å². The highest BCUT2D eigenvalue weighted by Gasteiger charge is 2.00. The van der Waals surface area contributed by atoms with Gasteiger partial charge in [-0.25, -0.2) is 0 Å². The van der Waals surface area contributed by atoms with E-state index in [1.165, 1.54) is 24.8 Å². The van der Waals surface area contributed by atoms with Gasteiger partial charge in [0.1, 0.15) is 0 Å². The van der Waals surface area contributed by atoms with Crippen LogP contribution >= 0.6 is 0 Å². The van der Waals surface area contributed by atoms with Crippen LogP contribution in [0, 0.1) is 0 Å². The summed E-state index contributed by atoms with van der Waals surface area (Å²) in [6.45, 7) is 37.4. The Labute approximate surface area is 165 Å². The summed E-state index contributed by atoms with van der Waals surface area (Å²) in [6, 6.07) is 0. The first-order valence-electron chi connectivity index (χ1n) is 10.9. The van der Waals surface area contributed by atoms with Gasteiger partial charge in [0.15, 0.2) is 0 Å². The lowest BCUT2D eigenvalue weighted by Crippen LogP contribution is -1.89. The zero-order valence-electron chi connectivity index (χ0n) is 21.3. The van der Waals surface area contributed by atoms with Crippen LogP contribution in [0.3, 0.4) is 0 Å². The van der Waals surface area contributed by atoms with Crippen LogP contribution in [0.15, 0.2) is 36.0 Å². The van der Waals surface area contributed by atoms with Gasteiger partial charge < -0.3 is 0 Å². The fraction of sp³-hybridized carbons (Fsp3) is 0.760. The monoisotopic (exact) mass is 358 g/mol. The van der Waals surface area contributed by atoms with Crippen molar-refractivity contribution in [2.75, 3.05) is 0 Å². The third-order valence-corrected chi connectivity index (χ3v) is 2.39. The van der Waals surface area contributed by atoms with Crippen molar-refractivity contribution in [2.45, 2.75) is 130 Å². The van der Waals surface area contributed by atoms with Gasteiger partial charge in [-0.1, -0.05) is 114 Å². The minimum atomic E-state index is 1.15. The molecule has 0 saturated carbocycles. The molecule has 0 bridgehead atoms. The van der Waals surface area contributed by atoms with E-state index in [4.69, 9.17) is 0 Å². The quantitative estimate of drug-likeness (QED) is 0.346. The van der Waals surface area contributed by atoms with Crippen LogP contribution in [-0.2, 0) is 0 Å². The molecule has 158 valence electrons.